The zero-order valence-electron chi connectivity index (χ0n) is 9.48. The molecule has 0 heterocycles. The van der Waals surface area contributed by atoms with Crippen LogP contribution in [0.3, 0.4) is 0 Å². The molecule has 0 amide bonds. The second-order valence-electron chi connectivity index (χ2n) is 3.81. The Morgan fingerprint density at radius 3 is 2.53 bits per heavy atom. The van der Waals surface area contributed by atoms with Crippen LogP contribution in [0.2, 0.25) is 5.02 Å². The van der Waals surface area contributed by atoms with E-state index in [0.29, 0.717) is 10.8 Å². The maximum Gasteiger partial charge on any atom is 0.128 e. The topological polar surface area (TPSA) is 29.5 Å². The monoisotopic (exact) mass is 248 g/mol. The van der Waals surface area contributed by atoms with Crippen LogP contribution in [0.5, 0.6) is 11.5 Å². The van der Waals surface area contributed by atoms with Crippen LogP contribution in [0, 0.1) is 6.92 Å². The van der Waals surface area contributed by atoms with Gasteiger partial charge in [-0.2, -0.15) is 0 Å². The van der Waals surface area contributed by atoms with Gasteiger partial charge in [0.15, 0.2) is 0 Å². The third-order valence-corrected chi connectivity index (χ3v) is 2.75. The highest BCUT2D eigenvalue weighted by Gasteiger charge is 2.01. The molecule has 0 bridgehead atoms. The smallest absolute Gasteiger partial charge is 0.128 e. The highest BCUT2D eigenvalue weighted by atomic mass is 35.5. The molecule has 0 aliphatic rings. The van der Waals surface area contributed by atoms with Gasteiger partial charge in [-0.1, -0.05) is 23.7 Å². The molecule has 0 aliphatic carbocycles. The summed E-state index contributed by atoms with van der Waals surface area (Å²) in [6.07, 6.45) is 0. The van der Waals surface area contributed by atoms with E-state index in [4.69, 9.17) is 21.4 Å². The summed E-state index contributed by atoms with van der Waals surface area (Å²) >= 11 is 5.88. The van der Waals surface area contributed by atoms with Gasteiger partial charge in [0.25, 0.3) is 0 Å². The molecule has 2 aromatic rings. The number of aryl methyl sites for hydroxylation is 1. The summed E-state index contributed by atoms with van der Waals surface area (Å²) in [5.41, 5.74) is 1.91. The average molecular weight is 249 g/mol. The number of ether oxygens (including phenoxy) is 1. The summed E-state index contributed by atoms with van der Waals surface area (Å²) < 4.78 is 5.67. The highest BCUT2D eigenvalue weighted by molar-refractivity contribution is 6.30. The lowest BCUT2D eigenvalue weighted by molar-refractivity contribution is 0.281. The van der Waals surface area contributed by atoms with E-state index < -0.39 is 0 Å². The molecule has 0 radical (unpaired) electrons. The van der Waals surface area contributed by atoms with Crippen LogP contribution in [0.4, 0.5) is 0 Å². The Balaban J connectivity index is 2.22. The fourth-order valence-corrected chi connectivity index (χ4v) is 1.76. The van der Waals surface area contributed by atoms with E-state index in [1.807, 2.05) is 37.3 Å². The molecular formula is C14H13ClO2. The molecule has 2 rings (SSSR count). The normalized spacial score (nSPS) is 10.3. The second kappa shape index (κ2) is 5.21. The Labute approximate surface area is 105 Å². The van der Waals surface area contributed by atoms with Crippen molar-refractivity contribution in [3.8, 4) is 11.5 Å². The molecule has 88 valence electrons. The number of hydrogen-bond acceptors (Lipinski definition) is 2. The zero-order valence-corrected chi connectivity index (χ0v) is 10.2. The van der Waals surface area contributed by atoms with E-state index in [0.717, 1.165) is 16.9 Å². The summed E-state index contributed by atoms with van der Waals surface area (Å²) in [6, 6.07) is 12.8. The Morgan fingerprint density at radius 1 is 1.12 bits per heavy atom. The first kappa shape index (κ1) is 12.0. The van der Waals surface area contributed by atoms with Gasteiger partial charge < -0.3 is 9.84 Å². The molecule has 0 fully saturated rings. The second-order valence-corrected chi connectivity index (χ2v) is 4.24. The molecule has 1 N–H and O–H groups in total. The van der Waals surface area contributed by atoms with Crippen LogP contribution >= 0.6 is 11.6 Å². The molecule has 2 aromatic carbocycles. The third kappa shape index (κ3) is 2.99. The first-order valence-electron chi connectivity index (χ1n) is 5.33. The minimum atomic E-state index is 0.0449. The molecule has 0 unspecified atom stereocenters. The summed E-state index contributed by atoms with van der Waals surface area (Å²) in [5.74, 6) is 1.44. The van der Waals surface area contributed by atoms with Crippen molar-refractivity contribution in [2.45, 2.75) is 13.5 Å². The molecule has 0 aliphatic heterocycles. The van der Waals surface area contributed by atoms with Crippen molar-refractivity contribution in [2.24, 2.45) is 0 Å². The van der Waals surface area contributed by atoms with Gasteiger partial charge in [-0.15, -0.1) is 0 Å². The van der Waals surface area contributed by atoms with Gasteiger partial charge in [-0.25, -0.2) is 0 Å². The molecule has 0 saturated heterocycles. The Bertz CT molecular complexity index is 523. The maximum atomic E-state index is 9.08. The first-order chi connectivity index (χ1) is 8.19. The molecule has 0 saturated carbocycles. The van der Waals surface area contributed by atoms with Gasteiger partial charge in [0.2, 0.25) is 0 Å². The van der Waals surface area contributed by atoms with Crippen LogP contribution in [-0.4, -0.2) is 5.11 Å². The maximum absolute atomic E-state index is 9.08. The Hall–Kier alpha value is -1.51. The van der Waals surface area contributed by atoms with Crippen LogP contribution in [0.15, 0.2) is 42.5 Å². The van der Waals surface area contributed by atoms with E-state index in [2.05, 4.69) is 0 Å². The predicted molar refractivity (Wildman–Crippen MR) is 68.6 cm³/mol. The lowest BCUT2D eigenvalue weighted by atomic mass is 10.1. The lowest BCUT2D eigenvalue weighted by Crippen LogP contribution is -1.90. The molecule has 3 heteroatoms. The van der Waals surface area contributed by atoms with Crippen molar-refractivity contribution >= 4 is 11.6 Å². The molecular weight excluding hydrogens is 236 g/mol. The van der Waals surface area contributed by atoms with E-state index in [-0.39, 0.29) is 6.61 Å². The quantitative estimate of drug-likeness (QED) is 0.892. The van der Waals surface area contributed by atoms with Gasteiger partial charge in [0.05, 0.1) is 6.61 Å². The first-order valence-corrected chi connectivity index (χ1v) is 5.70. The number of halogens is 1. The minimum absolute atomic E-state index is 0.0449. The SMILES string of the molecule is Cc1cc(Oc2cccc(Cl)c2)ccc1CO. The summed E-state index contributed by atoms with van der Waals surface area (Å²) in [7, 11) is 0. The van der Waals surface area contributed by atoms with E-state index in [1.54, 1.807) is 12.1 Å². The van der Waals surface area contributed by atoms with Gasteiger partial charge in [0, 0.05) is 5.02 Å². The minimum Gasteiger partial charge on any atom is -0.457 e. The number of rotatable bonds is 3. The summed E-state index contributed by atoms with van der Waals surface area (Å²) in [5, 5.41) is 9.72. The van der Waals surface area contributed by atoms with Crippen molar-refractivity contribution in [1.82, 2.24) is 0 Å². The number of aliphatic hydroxyl groups excluding tert-OH is 1. The Kier molecular flexibility index (Phi) is 3.67. The summed E-state index contributed by atoms with van der Waals surface area (Å²) in [4.78, 5) is 0. The van der Waals surface area contributed by atoms with Crippen molar-refractivity contribution in [3.63, 3.8) is 0 Å². The number of benzene rings is 2. The van der Waals surface area contributed by atoms with E-state index in [1.165, 1.54) is 0 Å². The standard InChI is InChI=1S/C14H13ClO2/c1-10-7-14(6-5-11(10)9-16)17-13-4-2-3-12(15)8-13/h2-8,16H,9H2,1H3. The van der Waals surface area contributed by atoms with Crippen molar-refractivity contribution in [3.05, 3.63) is 58.6 Å². The van der Waals surface area contributed by atoms with Gasteiger partial charge in [-0.3, -0.25) is 0 Å². The van der Waals surface area contributed by atoms with E-state index in [9.17, 15) is 0 Å². The third-order valence-electron chi connectivity index (χ3n) is 2.52. The molecule has 0 atom stereocenters. The van der Waals surface area contributed by atoms with Crippen LogP contribution in [0.1, 0.15) is 11.1 Å². The fraction of sp³-hybridized carbons (Fsp3) is 0.143. The Morgan fingerprint density at radius 2 is 1.88 bits per heavy atom. The molecule has 17 heavy (non-hydrogen) atoms. The number of hydrogen-bond donors (Lipinski definition) is 1. The van der Waals surface area contributed by atoms with E-state index >= 15 is 0 Å². The lowest BCUT2D eigenvalue weighted by Gasteiger charge is -2.08. The molecule has 0 aromatic heterocycles. The predicted octanol–water partition coefficient (Wildman–Crippen LogP) is 3.93. The largest absolute Gasteiger partial charge is 0.457 e. The van der Waals surface area contributed by atoms with Crippen LogP contribution in [0.25, 0.3) is 0 Å². The van der Waals surface area contributed by atoms with Crippen molar-refractivity contribution in [2.75, 3.05) is 0 Å². The fourth-order valence-electron chi connectivity index (χ4n) is 1.58. The van der Waals surface area contributed by atoms with Crippen molar-refractivity contribution < 1.29 is 9.84 Å². The summed E-state index contributed by atoms with van der Waals surface area (Å²) in [6.45, 7) is 1.99. The van der Waals surface area contributed by atoms with Crippen LogP contribution in [-0.2, 0) is 6.61 Å². The molecule has 0 spiro atoms. The molecule has 2 nitrogen and oxygen atoms in total. The van der Waals surface area contributed by atoms with Gasteiger partial charge >= 0.3 is 0 Å². The zero-order chi connectivity index (χ0) is 12.3. The average Bonchev–Trinajstić information content (AvgIpc) is 2.29. The number of aliphatic hydroxyl groups is 1. The van der Waals surface area contributed by atoms with Crippen molar-refractivity contribution in [1.29, 1.82) is 0 Å². The van der Waals surface area contributed by atoms with Gasteiger partial charge in [-0.05, 0) is 48.4 Å². The van der Waals surface area contributed by atoms with Crippen LogP contribution < -0.4 is 4.74 Å². The highest BCUT2D eigenvalue weighted by Crippen LogP contribution is 2.25. The van der Waals surface area contributed by atoms with Gasteiger partial charge in [0.1, 0.15) is 11.5 Å².